The van der Waals surface area contributed by atoms with Gasteiger partial charge in [0.25, 0.3) is 0 Å². The van der Waals surface area contributed by atoms with Gasteiger partial charge < -0.3 is 4.74 Å². The van der Waals surface area contributed by atoms with E-state index in [1.54, 1.807) is 24.8 Å². The molecule has 23 heavy (non-hydrogen) atoms. The number of esters is 1. The topological polar surface area (TPSA) is 26.3 Å². The number of halogens is 1. The maximum Gasteiger partial charge on any atom is 0.330 e. The first-order chi connectivity index (χ1) is 11.1. The minimum absolute atomic E-state index is 0.363. The van der Waals surface area contributed by atoms with Crippen molar-refractivity contribution in [3.8, 4) is 0 Å². The molecule has 2 aromatic rings. The highest BCUT2D eigenvalue weighted by atomic mass is 35.5. The molecule has 0 aromatic heterocycles. The Hall–Kier alpha value is -1.71. The summed E-state index contributed by atoms with van der Waals surface area (Å²) < 4.78 is 4.86. The molecule has 0 N–H and O–H groups in total. The average molecular weight is 347 g/mol. The van der Waals surface area contributed by atoms with Gasteiger partial charge in [-0.25, -0.2) is 4.79 Å². The van der Waals surface area contributed by atoms with Crippen molar-refractivity contribution in [2.24, 2.45) is 0 Å². The standard InChI is InChI=1S/C19H19ClO2S/c1-3-14-6-5-7-16(12-14)23-17-10-8-15(18(20)13-17)9-11-19(21)22-4-2/h5-13H,3-4H2,1-2H3/b11-9+. The number of aryl methyl sites for hydroxylation is 1. The molecule has 2 rings (SSSR count). The Bertz CT molecular complexity index is 710. The lowest BCUT2D eigenvalue weighted by molar-refractivity contribution is -0.137. The third-order valence-corrected chi connectivity index (χ3v) is 4.51. The van der Waals surface area contributed by atoms with Gasteiger partial charge in [-0.3, -0.25) is 0 Å². The molecule has 0 spiro atoms. The van der Waals surface area contributed by atoms with Crippen molar-refractivity contribution in [1.82, 2.24) is 0 Å². The summed E-state index contributed by atoms with van der Waals surface area (Å²) in [6, 6.07) is 14.3. The zero-order valence-corrected chi connectivity index (χ0v) is 14.8. The summed E-state index contributed by atoms with van der Waals surface area (Å²) in [5.74, 6) is -0.363. The van der Waals surface area contributed by atoms with Crippen LogP contribution in [0.15, 0.2) is 58.3 Å². The summed E-state index contributed by atoms with van der Waals surface area (Å²) in [5.41, 5.74) is 2.11. The van der Waals surface area contributed by atoms with Gasteiger partial charge in [-0.2, -0.15) is 0 Å². The molecule has 0 fully saturated rings. The molecule has 120 valence electrons. The summed E-state index contributed by atoms with van der Waals surface area (Å²) in [7, 11) is 0. The lowest BCUT2D eigenvalue weighted by Crippen LogP contribution is -1.98. The second-order valence-electron chi connectivity index (χ2n) is 4.87. The molecule has 0 aliphatic heterocycles. The third kappa shape index (κ3) is 5.45. The zero-order valence-electron chi connectivity index (χ0n) is 13.2. The van der Waals surface area contributed by atoms with Crippen LogP contribution in [0.25, 0.3) is 6.08 Å². The molecular formula is C19H19ClO2S. The molecule has 0 heterocycles. The SMILES string of the molecule is CCOC(=O)/C=C/c1ccc(Sc2cccc(CC)c2)cc1Cl. The van der Waals surface area contributed by atoms with Crippen LogP contribution in [0, 0.1) is 0 Å². The fraction of sp³-hybridized carbons (Fsp3) is 0.211. The molecule has 0 saturated heterocycles. The Balaban J connectivity index is 2.11. The van der Waals surface area contributed by atoms with E-state index in [0.717, 1.165) is 16.9 Å². The van der Waals surface area contributed by atoms with Gasteiger partial charge >= 0.3 is 5.97 Å². The Morgan fingerprint density at radius 2 is 1.96 bits per heavy atom. The van der Waals surface area contributed by atoms with Gasteiger partial charge in [-0.1, -0.05) is 48.5 Å². The summed E-state index contributed by atoms with van der Waals surface area (Å²) in [4.78, 5) is 13.6. The van der Waals surface area contributed by atoms with Crippen molar-refractivity contribution < 1.29 is 9.53 Å². The molecule has 2 nitrogen and oxygen atoms in total. The largest absolute Gasteiger partial charge is 0.463 e. The minimum Gasteiger partial charge on any atom is -0.463 e. The molecule has 0 aliphatic carbocycles. The van der Waals surface area contributed by atoms with E-state index in [2.05, 4.69) is 31.2 Å². The van der Waals surface area contributed by atoms with Gasteiger partial charge in [-0.15, -0.1) is 0 Å². The average Bonchev–Trinajstić information content (AvgIpc) is 2.54. The maximum atomic E-state index is 11.3. The minimum atomic E-state index is -0.363. The van der Waals surface area contributed by atoms with Crippen LogP contribution in [0.2, 0.25) is 5.02 Å². The molecule has 0 aliphatic rings. The van der Waals surface area contributed by atoms with Gasteiger partial charge in [-0.05, 0) is 54.8 Å². The van der Waals surface area contributed by atoms with Crippen LogP contribution < -0.4 is 0 Å². The molecule has 0 radical (unpaired) electrons. The second-order valence-corrected chi connectivity index (χ2v) is 6.43. The highest BCUT2D eigenvalue weighted by Gasteiger charge is 2.03. The molecule has 0 atom stereocenters. The van der Waals surface area contributed by atoms with E-state index < -0.39 is 0 Å². The van der Waals surface area contributed by atoms with Crippen LogP contribution in [0.3, 0.4) is 0 Å². The van der Waals surface area contributed by atoms with Gasteiger partial charge in [0.05, 0.1) is 6.61 Å². The normalized spacial score (nSPS) is 10.9. The first-order valence-electron chi connectivity index (χ1n) is 7.53. The van der Waals surface area contributed by atoms with Crippen molar-refractivity contribution in [3.63, 3.8) is 0 Å². The Kier molecular flexibility index (Phi) is 6.75. The quantitative estimate of drug-likeness (QED) is 0.501. The number of benzene rings is 2. The monoisotopic (exact) mass is 346 g/mol. The van der Waals surface area contributed by atoms with Crippen molar-refractivity contribution in [2.75, 3.05) is 6.61 Å². The van der Waals surface area contributed by atoms with E-state index in [1.807, 2.05) is 18.2 Å². The lowest BCUT2D eigenvalue weighted by Gasteiger charge is -2.06. The van der Waals surface area contributed by atoms with Gasteiger partial charge in [0, 0.05) is 20.9 Å². The summed E-state index contributed by atoms with van der Waals surface area (Å²) in [6.07, 6.45) is 4.08. The fourth-order valence-electron chi connectivity index (χ4n) is 2.02. The number of ether oxygens (including phenoxy) is 1. The Morgan fingerprint density at radius 3 is 2.65 bits per heavy atom. The van der Waals surface area contributed by atoms with Crippen LogP contribution in [-0.4, -0.2) is 12.6 Å². The molecule has 0 amide bonds. The smallest absolute Gasteiger partial charge is 0.330 e. The first kappa shape index (κ1) is 17.6. The number of carbonyl (C=O) groups excluding carboxylic acids is 1. The third-order valence-electron chi connectivity index (χ3n) is 3.20. The van der Waals surface area contributed by atoms with E-state index in [-0.39, 0.29) is 5.97 Å². The van der Waals surface area contributed by atoms with Gasteiger partial charge in [0.15, 0.2) is 0 Å². The van der Waals surface area contributed by atoms with Crippen LogP contribution in [-0.2, 0) is 16.0 Å². The van der Waals surface area contributed by atoms with Crippen molar-refractivity contribution >= 4 is 35.4 Å². The lowest BCUT2D eigenvalue weighted by atomic mass is 10.2. The zero-order chi connectivity index (χ0) is 16.7. The Labute approximate surface area is 146 Å². The summed E-state index contributed by atoms with van der Waals surface area (Å²) in [6.45, 7) is 4.28. The number of hydrogen-bond acceptors (Lipinski definition) is 3. The first-order valence-corrected chi connectivity index (χ1v) is 8.73. The number of carbonyl (C=O) groups is 1. The van der Waals surface area contributed by atoms with Crippen LogP contribution in [0.5, 0.6) is 0 Å². The van der Waals surface area contributed by atoms with E-state index in [1.165, 1.54) is 16.5 Å². The molecule has 2 aromatic carbocycles. The summed E-state index contributed by atoms with van der Waals surface area (Å²) in [5, 5.41) is 0.613. The van der Waals surface area contributed by atoms with Crippen LogP contribution in [0.4, 0.5) is 0 Å². The van der Waals surface area contributed by atoms with Gasteiger partial charge in [0.1, 0.15) is 0 Å². The van der Waals surface area contributed by atoms with E-state index >= 15 is 0 Å². The van der Waals surface area contributed by atoms with Crippen molar-refractivity contribution in [3.05, 3.63) is 64.7 Å². The van der Waals surface area contributed by atoms with Crippen LogP contribution in [0.1, 0.15) is 25.0 Å². The Morgan fingerprint density at radius 1 is 1.17 bits per heavy atom. The van der Waals surface area contributed by atoms with Crippen LogP contribution >= 0.6 is 23.4 Å². The molecule has 4 heteroatoms. The van der Waals surface area contributed by atoms with E-state index in [0.29, 0.717) is 11.6 Å². The maximum absolute atomic E-state index is 11.3. The van der Waals surface area contributed by atoms with Crippen molar-refractivity contribution in [2.45, 2.75) is 30.1 Å². The number of rotatable bonds is 6. The van der Waals surface area contributed by atoms with Crippen molar-refractivity contribution in [1.29, 1.82) is 0 Å². The van der Waals surface area contributed by atoms with Gasteiger partial charge in [0.2, 0.25) is 0 Å². The second kappa shape index (κ2) is 8.80. The predicted octanol–water partition coefficient (Wildman–Crippen LogP) is 5.63. The van der Waals surface area contributed by atoms with E-state index in [9.17, 15) is 4.79 Å². The highest BCUT2D eigenvalue weighted by molar-refractivity contribution is 7.99. The highest BCUT2D eigenvalue weighted by Crippen LogP contribution is 2.31. The number of hydrogen-bond donors (Lipinski definition) is 0. The predicted molar refractivity (Wildman–Crippen MR) is 97.1 cm³/mol. The van der Waals surface area contributed by atoms with E-state index in [4.69, 9.17) is 16.3 Å². The molecular weight excluding hydrogens is 328 g/mol. The summed E-state index contributed by atoms with van der Waals surface area (Å²) >= 11 is 7.97. The fourth-order valence-corrected chi connectivity index (χ4v) is 3.27. The molecule has 0 unspecified atom stereocenters. The molecule has 0 bridgehead atoms. The molecule has 0 saturated carbocycles.